The minimum absolute atomic E-state index is 0.273. The Kier molecular flexibility index (Phi) is 3.25. The van der Waals surface area contributed by atoms with Gasteiger partial charge in [0.25, 0.3) is 0 Å². The lowest BCUT2D eigenvalue weighted by atomic mass is 10.1. The van der Waals surface area contributed by atoms with Crippen LogP contribution in [0.3, 0.4) is 0 Å². The molecule has 2 aromatic carbocycles. The van der Waals surface area contributed by atoms with Gasteiger partial charge in [0.15, 0.2) is 0 Å². The zero-order chi connectivity index (χ0) is 14.1. The Morgan fingerprint density at radius 1 is 0.850 bits per heavy atom. The first-order valence-corrected chi connectivity index (χ1v) is 6.76. The number of halogens is 1. The number of nitrogens with zero attached hydrogens (tertiary/aromatic N) is 1. The van der Waals surface area contributed by atoms with E-state index in [9.17, 15) is 5.11 Å². The van der Waals surface area contributed by atoms with Gasteiger partial charge in [0.2, 0.25) is 0 Å². The molecule has 0 amide bonds. The molecule has 3 aromatic rings. The lowest BCUT2D eigenvalue weighted by Gasteiger charge is -2.12. The summed E-state index contributed by atoms with van der Waals surface area (Å²) in [6, 6.07) is 19.2. The second-order valence-corrected chi connectivity index (χ2v) is 5.16. The van der Waals surface area contributed by atoms with Crippen molar-refractivity contribution in [2.45, 2.75) is 6.92 Å². The van der Waals surface area contributed by atoms with Crippen LogP contribution < -0.4 is 0 Å². The molecule has 0 spiro atoms. The maximum absolute atomic E-state index is 9.40. The molecule has 0 fully saturated rings. The van der Waals surface area contributed by atoms with E-state index in [0.717, 1.165) is 27.7 Å². The molecular weight excluding hydrogens is 270 g/mol. The Balaban J connectivity index is 2.14. The summed E-state index contributed by atoms with van der Waals surface area (Å²) in [6.45, 7) is 2.07. The SMILES string of the molecule is Cc1ccc(-c2ccc(O)cc2)n1-c1ccc(Cl)cc1. The summed E-state index contributed by atoms with van der Waals surface area (Å²) in [4.78, 5) is 0. The van der Waals surface area contributed by atoms with Gasteiger partial charge in [-0.05, 0) is 73.2 Å². The third kappa shape index (κ3) is 2.30. The van der Waals surface area contributed by atoms with Crippen molar-refractivity contribution in [1.29, 1.82) is 0 Å². The highest BCUT2D eigenvalue weighted by atomic mass is 35.5. The molecule has 0 atom stereocenters. The standard InChI is InChI=1S/C17H14ClNO/c1-12-2-11-17(13-3-9-16(20)10-4-13)19(12)15-7-5-14(18)6-8-15/h2-11,20H,1H3. The quantitative estimate of drug-likeness (QED) is 0.717. The van der Waals surface area contributed by atoms with Crippen molar-refractivity contribution in [2.75, 3.05) is 0 Å². The van der Waals surface area contributed by atoms with Gasteiger partial charge in [0, 0.05) is 16.4 Å². The lowest BCUT2D eigenvalue weighted by molar-refractivity contribution is 0.475. The van der Waals surface area contributed by atoms with E-state index in [1.807, 2.05) is 36.4 Å². The number of hydrogen-bond donors (Lipinski definition) is 1. The average molecular weight is 284 g/mol. The van der Waals surface area contributed by atoms with Crippen molar-refractivity contribution >= 4 is 11.6 Å². The predicted octanol–water partition coefficient (Wildman–Crippen LogP) is 4.81. The van der Waals surface area contributed by atoms with Crippen LogP contribution in [-0.2, 0) is 0 Å². The van der Waals surface area contributed by atoms with Crippen molar-refractivity contribution in [3.63, 3.8) is 0 Å². The zero-order valence-corrected chi connectivity index (χ0v) is 11.8. The molecule has 1 aromatic heterocycles. The fourth-order valence-electron chi connectivity index (χ4n) is 2.33. The van der Waals surface area contributed by atoms with E-state index in [4.69, 9.17) is 11.6 Å². The first-order valence-electron chi connectivity index (χ1n) is 6.39. The second-order valence-electron chi connectivity index (χ2n) is 4.72. The second kappa shape index (κ2) is 5.06. The summed E-state index contributed by atoms with van der Waals surface area (Å²) >= 11 is 5.95. The van der Waals surface area contributed by atoms with Gasteiger partial charge in [-0.25, -0.2) is 0 Å². The van der Waals surface area contributed by atoms with E-state index < -0.39 is 0 Å². The van der Waals surface area contributed by atoms with Crippen molar-refractivity contribution < 1.29 is 5.11 Å². The molecule has 0 unspecified atom stereocenters. The van der Waals surface area contributed by atoms with E-state index in [1.54, 1.807) is 12.1 Å². The summed E-state index contributed by atoms with van der Waals surface area (Å²) in [5.74, 6) is 0.273. The number of benzene rings is 2. The monoisotopic (exact) mass is 283 g/mol. The van der Waals surface area contributed by atoms with Crippen LogP contribution in [0.4, 0.5) is 0 Å². The van der Waals surface area contributed by atoms with E-state index >= 15 is 0 Å². The highest BCUT2D eigenvalue weighted by Gasteiger charge is 2.09. The van der Waals surface area contributed by atoms with Gasteiger partial charge in [-0.1, -0.05) is 11.6 Å². The molecule has 0 aliphatic heterocycles. The van der Waals surface area contributed by atoms with Crippen LogP contribution in [0.25, 0.3) is 16.9 Å². The number of phenols is 1. The molecule has 0 saturated carbocycles. The molecule has 0 radical (unpaired) electrons. The van der Waals surface area contributed by atoms with Crippen LogP contribution in [0.1, 0.15) is 5.69 Å². The highest BCUT2D eigenvalue weighted by molar-refractivity contribution is 6.30. The fraction of sp³-hybridized carbons (Fsp3) is 0.0588. The van der Waals surface area contributed by atoms with E-state index in [2.05, 4.69) is 23.6 Å². The molecule has 0 aliphatic rings. The molecule has 3 rings (SSSR count). The van der Waals surface area contributed by atoms with Crippen LogP contribution in [0.5, 0.6) is 5.75 Å². The highest BCUT2D eigenvalue weighted by Crippen LogP contribution is 2.28. The topological polar surface area (TPSA) is 25.2 Å². The number of aromatic hydroxyl groups is 1. The Hall–Kier alpha value is -2.19. The van der Waals surface area contributed by atoms with Crippen molar-refractivity contribution in [2.24, 2.45) is 0 Å². The maximum Gasteiger partial charge on any atom is 0.115 e. The van der Waals surface area contributed by atoms with Crippen molar-refractivity contribution in [3.8, 4) is 22.7 Å². The zero-order valence-electron chi connectivity index (χ0n) is 11.0. The minimum atomic E-state index is 0.273. The average Bonchev–Trinajstić information content (AvgIpc) is 2.83. The van der Waals surface area contributed by atoms with Crippen molar-refractivity contribution in [1.82, 2.24) is 4.57 Å². The van der Waals surface area contributed by atoms with E-state index in [0.29, 0.717) is 0 Å². The van der Waals surface area contributed by atoms with Crippen LogP contribution in [0.2, 0.25) is 5.02 Å². The third-order valence-electron chi connectivity index (χ3n) is 3.32. The third-order valence-corrected chi connectivity index (χ3v) is 3.58. The smallest absolute Gasteiger partial charge is 0.115 e. The number of aromatic nitrogens is 1. The van der Waals surface area contributed by atoms with Gasteiger partial charge in [0.05, 0.1) is 5.69 Å². The lowest BCUT2D eigenvalue weighted by Crippen LogP contribution is -1.98. The van der Waals surface area contributed by atoms with Gasteiger partial charge >= 0.3 is 0 Å². The Labute approximate surface area is 122 Å². The molecule has 0 saturated heterocycles. The predicted molar refractivity (Wildman–Crippen MR) is 82.6 cm³/mol. The minimum Gasteiger partial charge on any atom is -0.508 e. The van der Waals surface area contributed by atoms with Gasteiger partial charge in [-0.15, -0.1) is 0 Å². The molecule has 2 nitrogen and oxygen atoms in total. The number of phenolic OH excluding ortho intramolecular Hbond substituents is 1. The van der Waals surface area contributed by atoms with Crippen LogP contribution in [0.15, 0.2) is 60.7 Å². The van der Waals surface area contributed by atoms with E-state index in [-0.39, 0.29) is 5.75 Å². The van der Waals surface area contributed by atoms with Crippen molar-refractivity contribution in [3.05, 3.63) is 71.4 Å². The largest absolute Gasteiger partial charge is 0.508 e. The van der Waals surface area contributed by atoms with Gasteiger partial charge in [-0.3, -0.25) is 0 Å². The first-order chi connectivity index (χ1) is 9.65. The number of rotatable bonds is 2. The van der Waals surface area contributed by atoms with Crippen LogP contribution >= 0.6 is 11.6 Å². The molecule has 3 heteroatoms. The summed E-state index contributed by atoms with van der Waals surface area (Å²) in [5.41, 5.74) is 4.37. The summed E-state index contributed by atoms with van der Waals surface area (Å²) < 4.78 is 2.17. The normalized spacial score (nSPS) is 10.7. The summed E-state index contributed by atoms with van der Waals surface area (Å²) in [6.07, 6.45) is 0. The molecule has 1 heterocycles. The molecule has 0 aliphatic carbocycles. The van der Waals surface area contributed by atoms with Gasteiger partial charge < -0.3 is 9.67 Å². The Morgan fingerprint density at radius 3 is 2.15 bits per heavy atom. The summed E-state index contributed by atoms with van der Waals surface area (Å²) in [7, 11) is 0. The molecule has 0 bridgehead atoms. The number of aryl methyl sites for hydroxylation is 1. The fourth-order valence-corrected chi connectivity index (χ4v) is 2.45. The maximum atomic E-state index is 9.40. The molecule has 100 valence electrons. The van der Waals surface area contributed by atoms with Gasteiger partial charge in [0.1, 0.15) is 5.75 Å². The Morgan fingerprint density at radius 2 is 1.50 bits per heavy atom. The Bertz CT molecular complexity index is 727. The first kappa shape index (κ1) is 12.8. The number of hydrogen-bond acceptors (Lipinski definition) is 1. The molecule has 20 heavy (non-hydrogen) atoms. The van der Waals surface area contributed by atoms with E-state index in [1.165, 1.54) is 0 Å². The molecule has 1 N–H and O–H groups in total. The van der Waals surface area contributed by atoms with Crippen LogP contribution in [-0.4, -0.2) is 9.67 Å². The van der Waals surface area contributed by atoms with Crippen LogP contribution in [0, 0.1) is 6.92 Å². The summed E-state index contributed by atoms with van der Waals surface area (Å²) in [5, 5.41) is 10.1. The van der Waals surface area contributed by atoms with Gasteiger partial charge in [-0.2, -0.15) is 0 Å². The molecular formula is C17H14ClNO.